The van der Waals surface area contributed by atoms with Crippen molar-refractivity contribution >= 4 is 77.0 Å². The second-order valence-electron chi connectivity index (χ2n) is 13.6. The predicted molar refractivity (Wildman–Crippen MR) is 222 cm³/mol. The van der Waals surface area contributed by atoms with Crippen LogP contribution in [-0.4, -0.2) is 16.2 Å². The van der Waals surface area contributed by atoms with Gasteiger partial charge in [0.2, 0.25) is 0 Å². The predicted octanol–water partition coefficient (Wildman–Crippen LogP) is 11.9. The van der Waals surface area contributed by atoms with Crippen LogP contribution in [0.15, 0.2) is 184 Å². The number of fused-ring (bicyclic) bond motifs is 8. The number of furan rings is 1. The monoisotopic (exact) mass is 682 g/mol. The molecule has 0 fully saturated rings. The van der Waals surface area contributed by atoms with E-state index in [0.717, 1.165) is 66.1 Å². The number of hydrogen-bond acceptors (Lipinski definition) is 2. The number of hydrogen-bond donors (Lipinski definition) is 1. The molecular weight excluding hydrogens is 649 g/mol. The lowest BCUT2D eigenvalue weighted by atomic mass is 10.0. The van der Waals surface area contributed by atoms with E-state index >= 15 is 0 Å². The van der Waals surface area contributed by atoms with Crippen LogP contribution in [0.5, 0.6) is 0 Å². The van der Waals surface area contributed by atoms with Gasteiger partial charge in [-0.15, -0.1) is 0 Å². The first-order valence-electron chi connectivity index (χ1n) is 17.9. The summed E-state index contributed by atoms with van der Waals surface area (Å²) < 4.78 is 8.81. The lowest BCUT2D eigenvalue weighted by molar-refractivity contribution is 0.669. The van der Waals surface area contributed by atoms with Gasteiger partial charge in [-0.25, -0.2) is 4.99 Å². The highest BCUT2D eigenvalue weighted by Gasteiger charge is 2.18. The minimum atomic E-state index is -0.134. The van der Waals surface area contributed by atoms with E-state index in [1.807, 2.05) is 42.5 Å². The zero-order chi connectivity index (χ0) is 35.5. The van der Waals surface area contributed by atoms with E-state index < -0.39 is 0 Å². The quantitative estimate of drug-likeness (QED) is 0.145. The molecular formula is C48H34N4O. The summed E-state index contributed by atoms with van der Waals surface area (Å²) in [6, 6.07) is 58.9. The van der Waals surface area contributed by atoms with Crippen molar-refractivity contribution in [1.29, 1.82) is 0 Å². The van der Waals surface area contributed by atoms with Gasteiger partial charge in [0.15, 0.2) is 5.84 Å². The summed E-state index contributed by atoms with van der Waals surface area (Å²) in [5.74, 6) is 0.951. The Balaban J connectivity index is 1.16. The van der Waals surface area contributed by atoms with Crippen molar-refractivity contribution in [1.82, 2.24) is 4.57 Å². The third-order valence-electron chi connectivity index (χ3n) is 10.4. The molecule has 10 aromatic rings. The number of aromatic nitrogens is 1. The van der Waals surface area contributed by atoms with Crippen molar-refractivity contribution in [2.24, 2.45) is 15.7 Å². The van der Waals surface area contributed by atoms with Gasteiger partial charge >= 0.3 is 0 Å². The first-order valence-corrected chi connectivity index (χ1v) is 17.9. The zero-order valence-electron chi connectivity index (χ0n) is 29.1. The third kappa shape index (κ3) is 5.25. The van der Waals surface area contributed by atoms with Crippen LogP contribution in [0.4, 0.5) is 0 Å². The van der Waals surface area contributed by atoms with Gasteiger partial charge in [-0.1, -0.05) is 121 Å². The Morgan fingerprint density at radius 1 is 0.566 bits per heavy atom. The Kier molecular flexibility index (Phi) is 7.18. The van der Waals surface area contributed by atoms with Crippen molar-refractivity contribution < 1.29 is 4.42 Å². The summed E-state index contributed by atoms with van der Waals surface area (Å²) in [6.45, 7) is 2.09. The molecule has 0 bridgehead atoms. The molecule has 0 amide bonds. The number of aliphatic imine (C=N–C) groups is 2. The molecule has 2 heterocycles. The zero-order valence-corrected chi connectivity index (χ0v) is 29.1. The van der Waals surface area contributed by atoms with Crippen LogP contribution in [0.1, 0.15) is 29.7 Å². The number of nitrogens with zero attached hydrogens (tertiary/aromatic N) is 3. The third-order valence-corrected chi connectivity index (χ3v) is 10.4. The molecule has 2 aromatic heterocycles. The second-order valence-corrected chi connectivity index (χ2v) is 13.6. The maximum absolute atomic E-state index is 7.03. The van der Waals surface area contributed by atoms with Crippen molar-refractivity contribution in [3.05, 3.63) is 187 Å². The Morgan fingerprint density at radius 3 is 2.11 bits per heavy atom. The van der Waals surface area contributed by atoms with Crippen LogP contribution >= 0.6 is 0 Å². The second kappa shape index (κ2) is 12.4. The Morgan fingerprint density at radius 2 is 1.28 bits per heavy atom. The molecule has 0 radical (unpaired) electrons. The molecule has 0 aliphatic rings. The number of benzene rings is 8. The highest BCUT2D eigenvalue weighted by Crippen LogP contribution is 2.38. The van der Waals surface area contributed by atoms with E-state index in [1.165, 1.54) is 21.5 Å². The fourth-order valence-corrected chi connectivity index (χ4v) is 7.76. The van der Waals surface area contributed by atoms with Gasteiger partial charge < -0.3 is 14.7 Å². The fraction of sp³-hybridized carbons (Fsp3) is 0.0417. The normalized spacial score (nSPS) is 13.2. The van der Waals surface area contributed by atoms with Crippen LogP contribution < -0.4 is 5.73 Å². The summed E-state index contributed by atoms with van der Waals surface area (Å²) >= 11 is 0. The Bertz CT molecular complexity index is 3090. The van der Waals surface area contributed by atoms with E-state index in [0.29, 0.717) is 11.7 Å². The molecule has 252 valence electrons. The van der Waals surface area contributed by atoms with E-state index in [1.54, 1.807) is 0 Å². The molecule has 1 atom stereocenters. The first-order chi connectivity index (χ1) is 26.1. The van der Waals surface area contributed by atoms with Gasteiger partial charge in [0.05, 0.1) is 17.1 Å². The molecule has 0 aliphatic carbocycles. The van der Waals surface area contributed by atoms with Crippen molar-refractivity contribution in [3.63, 3.8) is 0 Å². The number of rotatable bonds is 5. The van der Waals surface area contributed by atoms with Crippen molar-refractivity contribution in [2.45, 2.75) is 13.0 Å². The Labute approximate surface area is 305 Å². The van der Waals surface area contributed by atoms with Crippen LogP contribution in [0, 0.1) is 0 Å². The first kappa shape index (κ1) is 30.8. The van der Waals surface area contributed by atoms with Gasteiger partial charge in [0.1, 0.15) is 17.0 Å². The molecule has 0 spiro atoms. The summed E-state index contributed by atoms with van der Waals surface area (Å²) in [4.78, 5) is 10.3. The molecule has 5 heteroatoms. The summed E-state index contributed by atoms with van der Waals surface area (Å²) in [6.07, 6.45) is 0. The number of amidine groups is 2. The fourth-order valence-electron chi connectivity index (χ4n) is 7.76. The molecule has 8 aromatic carbocycles. The van der Waals surface area contributed by atoms with E-state index in [4.69, 9.17) is 20.1 Å². The van der Waals surface area contributed by atoms with E-state index in [-0.39, 0.29) is 6.04 Å². The highest BCUT2D eigenvalue weighted by molar-refractivity contribution is 6.21. The van der Waals surface area contributed by atoms with Crippen LogP contribution in [0.25, 0.3) is 71.0 Å². The summed E-state index contributed by atoms with van der Waals surface area (Å²) in [5, 5.41) is 9.04. The van der Waals surface area contributed by atoms with Crippen LogP contribution in [0.3, 0.4) is 0 Å². The number of nitrogens with two attached hydrogens (primary N) is 1. The minimum absolute atomic E-state index is 0.134. The van der Waals surface area contributed by atoms with Gasteiger partial charge in [0, 0.05) is 38.4 Å². The van der Waals surface area contributed by atoms with E-state index in [9.17, 15) is 0 Å². The SMILES string of the molecule is CC(/N=C(\N=C(/N)c1cccc2oc3ccc(-n4c5ccccc5c5cc6ccccc6cc54)cc3c12)c1ccc2ccccc2c1)c1ccccc1. The molecule has 0 aliphatic heterocycles. The molecule has 53 heavy (non-hydrogen) atoms. The maximum atomic E-state index is 7.03. The standard InChI is InChI=1S/C48H34N4O/c1-30(31-12-3-2-4-13-31)50-48(36-23-22-32-14-5-6-15-33(32)26-36)51-47(49)39-19-11-21-45-46(39)41-29-37(24-25-44(41)53-45)52-42-20-10-9-18-38(42)40-27-34-16-7-8-17-35(34)28-43(40)52/h2-30H,1H3,(H2,49,50,51). The lowest BCUT2D eigenvalue weighted by Gasteiger charge is -2.12. The molecule has 0 saturated carbocycles. The molecule has 1 unspecified atom stereocenters. The highest BCUT2D eigenvalue weighted by atomic mass is 16.3. The molecule has 2 N–H and O–H groups in total. The molecule has 0 saturated heterocycles. The largest absolute Gasteiger partial charge is 0.456 e. The Hall–Kier alpha value is -6.98. The smallest absolute Gasteiger partial charge is 0.157 e. The molecule has 10 rings (SSSR count). The van der Waals surface area contributed by atoms with Crippen LogP contribution in [-0.2, 0) is 0 Å². The van der Waals surface area contributed by atoms with Gasteiger partial charge in [-0.3, -0.25) is 4.99 Å². The van der Waals surface area contributed by atoms with E-state index in [2.05, 4.69) is 139 Å². The van der Waals surface area contributed by atoms with Crippen LogP contribution in [0.2, 0.25) is 0 Å². The summed E-state index contributed by atoms with van der Waals surface area (Å²) in [7, 11) is 0. The molecule has 5 nitrogen and oxygen atoms in total. The maximum Gasteiger partial charge on any atom is 0.157 e. The summed E-state index contributed by atoms with van der Waals surface area (Å²) in [5.41, 5.74) is 14.7. The average molecular weight is 683 g/mol. The van der Waals surface area contributed by atoms with Gasteiger partial charge in [0.25, 0.3) is 0 Å². The topological polar surface area (TPSA) is 68.8 Å². The van der Waals surface area contributed by atoms with Gasteiger partial charge in [-0.05, 0) is 82.6 Å². The van der Waals surface area contributed by atoms with Crippen molar-refractivity contribution in [2.75, 3.05) is 0 Å². The van der Waals surface area contributed by atoms with Gasteiger partial charge in [-0.2, -0.15) is 0 Å². The average Bonchev–Trinajstić information content (AvgIpc) is 3.74. The number of para-hydroxylation sites is 1. The van der Waals surface area contributed by atoms with Crippen molar-refractivity contribution in [3.8, 4) is 5.69 Å². The minimum Gasteiger partial charge on any atom is -0.456 e. The lowest BCUT2D eigenvalue weighted by Crippen LogP contribution is -2.17.